The van der Waals surface area contributed by atoms with Crippen molar-refractivity contribution in [2.24, 2.45) is 5.92 Å². The smallest absolute Gasteiger partial charge is 0.221 e. The molecule has 0 saturated carbocycles. The van der Waals surface area contributed by atoms with Gasteiger partial charge in [-0.2, -0.15) is 5.10 Å². The summed E-state index contributed by atoms with van der Waals surface area (Å²) in [7, 11) is 1.62. The second-order valence-corrected chi connectivity index (χ2v) is 6.73. The minimum absolute atomic E-state index is 0.0394. The SMILES string of the molecule is COc1ncc(C(C(C)C)n2cnc(C)n2)cc1-c1cccc(Cl)c1. The molecule has 25 heavy (non-hydrogen) atoms. The van der Waals surface area contributed by atoms with Crippen LogP contribution in [-0.2, 0) is 0 Å². The van der Waals surface area contributed by atoms with Crippen molar-refractivity contribution in [1.82, 2.24) is 19.7 Å². The maximum absolute atomic E-state index is 6.16. The molecule has 0 aliphatic rings. The van der Waals surface area contributed by atoms with Gasteiger partial charge in [-0.3, -0.25) is 0 Å². The topological polar surface area (TPSA) is 52.8 Å². The van der Waals surface area contributed by atoms with Gasteiger partial charge >= 0.3 is 0 Å². The van der Waals surface area contributed by atoms with E-state index in [1.54, 1.807) is 13.4 Å². The Hall–Kier alpha value is -2.40. The Morgan fingerprint density at radius 2 is 1.96 bits per heavy atom. The Balaban J connectivity index is 2.12. The lowest BCUT2D eigenvalue weighted by Crippen LogP contribution is -2.18. The fraction of sp³-hybridized carbons (Fsp3) is 0.316. The van der Waals surface area contributed by atoms with Crippen LogP contribution in [0.3, 0.4) is 0 Å². The van der Waals surface area contributed by atoms with Crippen LogP contribution >= 0.6 is 11.6 Å². The maximum Gasteiger partial charge on any atom is 0.221 e. The summed E-state index contributed by atoms with van der Waals surface area (Å²) in [4.78, 5) is 8.77. The molecular formula is C19H21ClN4O. The monoisotopic (exact) mass is 356 g/mol. The van der Waals surface area contributed by atoms with Gasteiger partial charge in [0.15, 0.2) is 0 Å². The Kier molecular flexibility index (Phi) is 5.04. The molecule has 0 aliphatic carbocycles. The van der Waals surface area contributed by atoms with Crippen LogP contribution in [0.4, 0.5) is 0 Å². The van der Waals surface area contributed by atoms with Crippen LogP contribution in [0.25, 0.3) is 11.1 Å². The van der Waals surface area contributed by atoms with Gasteiger partial charge in [-0.05, 0) is 42.2 Å². The lowest BCUT2D eigenvalue weighted by molar-refractivity contribution is 0.388. The molecule has 1 atom stereocenters. The summed E-state index contributed by atoms with van der Waals surface area (Å²) < 4.78 is 7.35. The average molecular weight is 357 g/mol. The molecule has 2 heterocycles. The van der Waals surface area contributed by atoms with E-state index >= 15 is 0 Å². The molecule has 3 rings (SSSR count). The largest absolute Gasteiger partial charge is 0.481 e. The number of pyridine rings is 1. The summed E-state index contributed by atoms with van der Waals surface area (Å²) in [6.45, 7) is 6.20. The number of nitrogens with zero attached hydrogens (tertiary/aromatic N) is 4. The van der Waals surface area contributed by atoms with Gasteiger partial charge in [-0.15, -0.1) is 0 Å². The zero-order chi connectivity index (χ0) is 18.0. The molecule has 1 unspecified atom stereocenters. The molecule has 0 radical (unpaired) electrons. The first-order valence-electron chi connectivity index (χ1n) is 8.17. The summed E-state index contributed by atoms with van der Waals surface area (Å²) >= 11 is 6.16. The fourth-order valence-electron chi connectivity index (χ4n) is 2.99. The summed E-state index contributed by atoms with van der Waals surface area (Å²) in [5.41, 5.74) is 2.93. The van der Waals surface area contributed by atoms with E-state index in [0.717, 1.165) is 22.5 Å². The highest BCUT2D eigenvalue weighted by Crippen LogP contribution is 2.34. The zero-order valence-corrected chi connectivity index (χ0v) is 15.5. The third-order valence-corrected chi connectivity index (χ3v) is 4.32. The second-order valence-electron chi connectivity index (χ2n) is 6.30. The summed E-state index contributed by atoms with van der Waals surface area (Å²) in [5, 5.41) is 5.17. The van der Waals surface area contributed by atoms with Crippen molar-refractivity contribution < 1.29 is 4.74 Å². The quantitative estimate of drug-likeness (QED) is 0.672. The molecule has 1 aromatic carbocycles. The summed E-state index contributed by atoms with van der Waals surface area (Å²) in [6.07, 6.45) is 3.61. The van der Waals surface area contributed by atoms with E-state index in [2.05, 4.69) is 35.0 Å². The van der Waals surface area contributed by atoms with E-state index in [-0.39, 0.29) is 6.04 Å². The lowest BCUT2D eigenvalue weighted by atomic mass is 9.95. The first kappa shape index (κ1) is 17.4. The van der Waals surface area contributed by atoms with Gasteiger partial charge in [0.25, 0.3) is 0 Å². The van der Waals surface area contributed by atoms with Crippen molar-refractivity contribution in [2.45, 2.75) is 26.8 Å². The minimum atomic E-state index is 0.0394. The molecule has 0 saturated heterocycles. The Morgan fingerprint density at radius 1 is 1.16 bits per heavy atom. The predicted octanol–water partition coefficient (Wildman–Crippen LogP) is 4.56. The maximum atomic E-state index is 6.16. The minimum Gasteiger partial charge on any atom is -0.481 e. The molecule has 0 aliphatic heterocycles. The highest BCUT2D eigenvalue weighted by atomic mass is 35.5. The van der Waals surface area contributed by atoms with Crippen molar-refractivity contribution >= 4 is 11.6 Å². The van der Waals surface area contributed by atoms with Crippen LogP contribution in [0.15, 0.2) is 42.9 Å². The number of aryl methyl sites for hydroxylation is 1. The number of benzene rings is 1. The van der Waals surface area contributed by atoms with Gasteiger partial charge in [0.1, 0.15) is 12.2 Å². The zero-order valence-electron chi connectivity index (χ0n) is 14.8. The van der Waals surface area contributed by atoms with E-state index in [0.29, 0.717) is 16.8 Å². The van der Waals surface area contributed by atoms with Crippen molar-refractivity contribution in [3.63, 3.8) is 0 Å². The molecule has 0 bridgehead atoms. The third-order valence-electron chi connectivity index (χ3n) is 4.08. The highest BCUT2D eigenvalue weighted by Gasteiger charge is 2.22. The average Bonchev–Trinajstić information content (AvgIpc) is 3.00. The fourth-order valence-corrected chi connectivity index (χ4v) is 3.18. The van der Waals surface area contributed by atoms with E-state index in [4.69, 9.17) is 16.3 Å². The Morgan fingerprint density at radius 3 is 2.56 bits per heavy atom. The van der Waals surface area contributed by atoms with E-state index < -0.39 is 0 Å². The standard InChI is InChI=1S/C19H21ClN4O/c1-12(2)18(24-11-22-13(3)23-24)15-9-17(19(25-4)21-10-15)14-6-5-7-16(20)8-14/h5-12,18H,1-4H3. The van der Waals surface area contributed by atoms with Crippen LogP contribution < -0.4 is 4.74 Å². The number of methoxy groups -OCH3 is 1. The number of hydrogen-bond acceptors (Lipinski definition) is 4. The van der Waals surface area contributed by atoms with Gasteiger partial charge in [-0.1, -0.05) is 37.6 Å². The number of rotatable bonds is 5. The number of ether oxygens (including phenoxy) is 1. The summed E-state index contributed by atoms with van der Waals surface area (Å²) in [6, 6.07) is 9.82. The van der Waals surface area contributed by atoms with E-state index in [1.165, 1.54) is 0 Å². The van der Waals surface area contributed by atoms with Gasteiger partial charge < -0.3 is 4.74 Å². The van der Waals surface area contributed by atoms with E-state index in [1.807, 2.05) is 42.1 Å². The van der Waals surface area contributed by atoms with Crippen molar-refractivity contribution in [3.05, 3.63) is 59.3 Å². The first-order chi connectivity index (χ1) is 12.0. The molecule has 5 nitrogen and oxygen atoms in total. The third kappa shape index (κ3) is 3.66. The van der Waals surface area contributed by atoms with E-state index in [9.17, 15) is 0 Å². The Bertz CT molecular complexity index is 875. The van der Waals surface area contributed by atoms with Gasteiger partial charge in [-0.25, -0.2) is 14.6 Å². The van der Waals surface area contributed by atoms with Gasteiger partial charge in [0, 0.05) is 16.8 Å². The molecule has 0 N–H and O–H groups in total. The van der Waals surface area contributed by atoms with Gasteiger partial charge in [0.05, 0.1) is 13.2 Å². The first-order valence-corrected chi connectivity index (χ1v) is 8.55. The molecule has 3 aromatic rings. The van der Waals surface area contributed by atoms with Crippen LogP contribution in [0.2, 0.25) is 5.02 Å². The molecular weight excluding hydrogens is 336 g/mol. The number of aromatic nitrogens is 4. The molecule has 0 fully saturated rings. The highest BCUT2D eigenvalue weighted by molar-refractivity contribution is 6.30. The lowest BCUT2D eigenvalue weighted by Gasteiger charge is -2.22. The van der Waals surface area contributed by atoms with Gasteiger partial charge in [0.2, 0.25) is 5.88 Å². The van der Waals surface area contributed by atoms with Crippen molar-refractivity contribution in [3.8, 4) is 17.0 Å². The molecule has 0 spiro atoms. The summed E-state index contributed by atoms with van der Waals surface area (Å²) in [5.74, 6) is 1.65. The van der Waals surface area contributed by atoms with Crippen molar-refractivity contribution in [1.29, 1.82) is 0 Å². The second kappa shape index (κ2) is 7.23. The number of halogens is 1. The van der Waals surface area contributed by atoms with Crippen LogP contribution in [0.1, 0.15) is 31.3 Å². The number of hydrogen-bond donors (Lipinski definition) is 0. The molecule has 0 amide bonds. The predicted molar refractivity (Wildman–Crippen MR) is 99.0 cm³/mol. The Labute approximate surface area is 152 Å². The normalized spacial score (nSPS) is 12.4. The molecule has 130 valence electrons. The molecule has 6 heteroatoms. The van der Waals surface area contributed by atoms with Crippen molar-refractivity contribution in [2.75, 3.05) is 7.11 Å². The van der Waals surface area contributed by atoms with Crippen LogP contribution in [0.5, 0.6) is 5.88 Å². The van der Waals surface area contributed by atoms with Crippen LogP contribution in [-0.4, -0.2) is 26.9 Å². The van der Waals surface area contributed by atoms with Crippen LogP contribution in [0, 0.1) is 12.8 Å². The molecule has 2 aromatic heterocycles.